The van der Waals surface area contributed by atoms with Crippen LogP contribution in [0, 0.1) is 0 Å². The lowest BCUT2D eigenvalue weighted by Crippen LogP contribution is -2.29. The number of benzene rings is 2. The quantitative estimate of drug-likeness (QED) is 0.299. The molecule has 0 spiro atoms. The number of carboxylic acid groups (broad SMARTS) is 1. The molecule has 1 amide bonds. The molecule has 0 radical (unpaired) electrons. The molecule has 34 heavy (non-hydrogen) atoms. The number of amides is 1. The summed E-state index contributed by atoms with van der Waals surface area (Å²) >= 11 is 0. The van der Waals surface area contributed by atoms with Crippen molar-refractivity contribution in [3.05, 3.63) is 65.7 Å². The summed E-state index contributed by atoms with van der Waals surface area (Å²) in [6.07, 6.45) is 0.960. The van der Waals surface area contributed by atoms with Gasteiger partial charge in [-0.2, -0.15) is 0 Å². The van der Waals surface area contributed by atoms with E-state index >= 15 is 0 Å². The normalized spacial score (nSPS) is 12.7. The van der Waals surface area contributed by atoms with Gasteiger partial charge in [0.15, 0.2) is 23.4 Å². The number of aromatic hydroxyl groups is 1. The minimum Gasteiger partial charge on any atom is -0.504 e. The number of carbonyl (C=O) groups is 3. The zero-order valence-electron chi connectivity index (χ0n) is 19.3. The highest BCUT2D eigenvalue weighted by atomic mass is 16.6. The molecule has 3 N–H and O–H groups in total. The van der Waals surface area contributed by atoms with Crippen molar-refractivity contribution >= 4 is 23.5 Å². The molecule has 2 rings (SSSR count). The van der Waals surface area contributed by atoms with E-state index in [2.05, 4.69) is 5.32 Å². The van der Waals surface area contributed by atoms with Crippen molar-refractivity contribution in [1.82, 2.24) is 0 Å². The molecule has 0 aliphatic heterocycles. The molecule has 0 bridgehead atoms. The van der Waals surface area contributed by atoms with E-state index in [0.717, 1.165) is 6.08 Å². The van der Waals surface area contributed by atoms with Crippen LogP contribution in [0.25, 0.3) is 0 Å². The highest BCUT2D eigenvalue weighted by molar-refractivity contribution is 5.95. The van der Waals surface area contributed by atoms with Gasteiger partial charge in [0.1, 0.15) is 0 Å². The number of hydrogen-bond acceptors (Lipinski definition) is 7. The summed E-state index contributed by atoms with van der Waals surface area (Å²) in [4.78, 5) is 34.9. The summed E-state index contributed by atoms with van der Waals surface area (Å²) in [7, 11) is 1.42. The average molecular weight is 472 g/mol. The van der Waals surface area contributed by atoms with Crippen molar-refractivity contribution in [2.24, 2.45) is 0 Å². The Kier molecular flexibility index (Phi) is 10.1. The number of ether oxygens (including phenoxy) is 3. The zero-order valence-corrected chi connectivity index (χ0v) is 19.3. The fourth-order valence-corrected chi connectivity index (χ4v) is 3.27. The van der Waals surface area contributed by atoms with Crippen LogP contribution >= 0.6 is 0 Å². The summed E-state index contributed by atoms with van der Waals surface area (Å²) in [5, 5.41) is 21.7. The van der Waals surface area contributed by atoms with E-state index in [0.29, 0.717) is 36.3 Å². The Bertz CT molecular complexity index is 1020. The predicted octanol–water partition coefficient (Wildman–Crippen LogP) is 4.72. The molecular weight excluding hydrogens is 442 g/mol. The SMILES string of the molecule is CCO[C@H](CC/C=C/C(=O)O)[C@H](OC(=O)Nc1ccc(C(C)=O)cc1)c1ccc(OC)c(O)c1. The van der Waals surface area contributed by atoms with E-state index in [-0.39, 0.29) is 17.3 Å². The lowest BCUT2D eigenvalue weighted by Gasteiger charge is -2.27. The Hall–Kier alpha value is -3.85. The molecule has 0 aliphatic rings. The van der Waals surface area contributed by atoms with Crippen LogP contribution < -0.4 is 10.1 Å². The van der Waals surface area contributed by atoms with Crippen molar-refractivity contribution in [2.45, 2.75) is 38.9 Å². The Labute approximate surface area is 198 Å². The van der Waals surface area contributed by atoms with Crippen LogP contribution in [0.5, 0.6) is 11.5 Å². The highest BCUT2D eigenvalue weighted by Crippen LogP contribution is 2.34. The maximum absolute atomic E-state index is 12.7. The topological polar surface area (TPSA) is 131 Å². The fraction of sp³-hybridized carbons (Fsp3) is 0.320. The Morgan fingerprint density at radius 3 is 2.38 bits per heavy atom. The second kappa shape index (κ2) is 13.0. The Balaban J connectivity index is 2.26. The van der Waals surface area contributed by atoms with Gasteiger partial charge in [-0.1, -0.05) is 12.1 Å². The van der Waals surface area contributed by atoms with Crippen LogP contribution in [-0.4, -0.2) is 47.9 Å². The van der Waals surface area contributed by atoms with Crippen LogP contribution in [-0.2, 0) is 14.3 Å². The lowest BCUT2D eigenvalue weighted by molar-refractivity contribution is -0.131. The Morgan fingerprint density at radius 2 is 1.82 bits per heavy atom. The van der Waals surface area contributed by atoms with Gasteiger partial charge in [0.2, 0.25) is 0 Å². The molecule has 9 nitrogen and oxygen atoms in total. The molecular formula is C25H29NO8. The van der Waals surface area contributed by atoms with E-state index in [1.807, 2.05) is 0 Å². The van der Waals surface area contributed by atoms with Crippen LogP contribution in [0.3, 0.4) is 0 Å². The summed E-state index contributed by atoms with van der Waals surface area (Å²) in [5.74, 6) is -1.02. The molecule has 0 unspecified atom stereocenters. The second-order valence-electron chi connectivity index (χ2n) is 7.33. The van der Waals surface area contributed by atoms with Crippen LogP contribution in [0.4, 0.5) is 10.5 Å². The van der Waals surface area contributed by atoms with Gasteiger partial charge < -0.3 is 24.4 Å². The molecule has 0 aromatic heterocycles. The number of nitrogens with one attached hydrogen (secondary N) is 1. The summed E-state index contributed by atoms with van der Waals surface area (Å²) < 4.78 is 16.6. The lowest BCUT2D eigenvalue weighted by atomic mass is 9.99. The number of hydrogen-bond donors (Lipinski definition) is 3. The van der Waals surface area contributed by atoms with Gasteiger partial charge in [-0.05, 0) is 68.7 Å². The van der Waals surface area contributed by atoms with E-state index in [9.17, 15) is 19.5 Å². The number of rotatable bonds is 12. The first-order valence-electron chi connectivity index (χ1n) is 10.7. The minimum atomic E-state index is -1.06. The number of methoxy groups -OCH3 is 1. The summed E-state index contributed by atoms with van der Waals surface area (Å²) in [6, 6.07) is 11.0. The second-order valence-corrected chi connectivity index (χ2v) is 7.33. The largest absolute Gasteiger partial charge is 0.504 e. The first-order valence-corrected chi connectivity index (χ1v) is 10.7. The van der Waals surface area contributed by atoms with Crippen molar-refractivity contribution in [3.8, 4) is 11.5 Å². The molecule has 0 saturated heterocycles. The number of ketones is 1. The molecule has 2 aromatic carbocycles. The number of aliphatic carboxylic acids is 1. The molecule has 0 heterocycles. The number of allylic oxidation sites excluding steroid dienone is 1. The van der Waals surface area contributed by atoms with Gasteiger partial charge in [-0.15, -0.1) is 0 Å². The number of Topliss-reactive ketones (excluding diaryl/α,β-unsaturated/α-hetero) is 1. The summed E-state index contributed by atoms with van der Waals surface area (Å²) in [5.41, 5.74) is 1.42. The molecule has 0 aliphatic carbocycles. The van der Waals surface area contributed by atoms with Crippen LogP contribution in [0.1, 0.15) is 48.7 Å². The van der Waals surface area contributed by atoms with Crippen molar-refractivity contribution in [2.75, 3.05) is 19.0 Å². The van der Waals surface area contributed by atoms with Crippen LogP contribution in [0.2, 0.25) is 0 Å². The van der Waals surface area contributed by atoms with E-state index < -0.39 is 24.3 Å². The molecule has 9 heteroatoms. The van der Waals surface area contributed by atoms with Gasteiger partial charge in [-0.3, -0.25) is 10.1 Å². The van der Waals surface area contributed by atoms with Gasteiger partial charge in [0.25, 0.3) is 0 Å². The smallest absolute Gasteiger partial charge is 0.412 e. The standard InChI is InChI=1S/C25H29NO8/c1-4-33-22(7-5-6-8-23(29)30)24(18-11-14-21(32-3)20(28)15-18)34-25(31)26-19-12-9-17(10-13-19)16(2)27/h6,8-15,22,24,28H,4-5,7H2,1-3H3,(H,26,31)(H,29,30)/b8-6+/t22-,24-/m1/s1. The summed E-state index contributed by atoms with van der Waals surface area (Å²) in [6.45, 7) is 3.56. The van der Waals surface area contributed by atoms with Crippen molar-refractivity contribution in [1.29, 1.82) is 0 Å². The maximum Gasteiger partial charge on any atom is 0.412 e. The predicted molar refractivity (Wildman–Crippen MR) is 125 cm³/mol. The molecule has 2 aromatic rings. The maximum atomic E-state index is 12.7. The van der Waals surface area contributed by atoms with Gasteiger partial charge in [-0.25, -0.2) is 9.59 Å². The van der Waals surface area contributed by atoms with Crippen molar-refractivity contribution < 1.29 is 38.8 Å². The minimum absolute atomic E-state index is 0.0926. The first kappa shape index (κ1) is 26.4. The molecule has 0 saturated carbocycles. The number of phenols is 1. The number of carbonyl (C=O) groups excluding carboxylic acids is 2. The third kappa shape index (κ3) is 7.93. The molecule has 182 valence electrons. The van der Waals surface area contributed by atoms with E-state index in [1.54, 1.807) is 43.3 Å². The third-order valence-corrected chi connectivity index (χ3v) is 4.90. The van der Waals surface area contributed by atoms with Gasteiger partial charge in [0.05, 0.1) is 13.2 Å². The number of phenolic OH excluding ortho intramolecular Hbond substituents is 1. The van der Waals surface area contributed by atoms with E-state index in [1.165, 1.54) is 26.2 Å². The highest BCUT2D eigenvalue weighted by Gasteiger charge is 2.28. The van der Waals surface area contributed by atoms with Crippen LogP contribution in [0.15, 0.2) is 54.6 Å². The third-order valence-electron chi connectivity index (χ3n) is 4.90. The van der Waals surface area contributed by atoms with Gasteiger partial charge in [0, 0.05) is 23.9 Å². The van der Waals surface area contributed by atoms with Gasteiger partial charge >= 0.3 is 12.1 Å². The van der Waals surface area contributed by atoms with E-state index in [4.69, 9.17) is 19.3 Å². The number of anilines is 1. The van der Waals surface area contributed by atoms with Crippen molar-refractivity contribution in [3.63, 3.8) is 0 Å². The molecule has 2 atom stereocenters. The zero-order chi connectivity index (χ0) is 25.1. The fourth-order valence-electron chi connectivity index (χ4n) is 3.27. The average Bonchev–Trinajstić information content (AvgIpc) is 2.79. The number of carboxylic acids is 1. The Morgan fingerprint density at radius 1 is 1.12 bits per heavy atom. The molecule has 0 fully saturated rings. The first-order chi connectivity index (χ1) is 16.2. The monoisotopic (exact) mass is 471 g/mol.